The molecule has 3 aliphatic rings. The van der Waals surface area contributed by atoms with Gasteiger partial charge in [0, 0.05) is 30.0 Å². The van der Waals surface area contributed by atoms with Crippen LogP contribution in [0.15, 0.2) is 18.2 Å². The summed E-state index contributed by atoms with van der Waals surface area (Å²) >= 11 is 1.42. The Morgan fingerprint density at radius 1 is 1.25 bits per heavy atom. The van der Waals surface area contributed by atoms with Gasteiger partial charge in [0.25, 0.3) is 11.8 Å². The number of hydrogen-bond acceptors (Lipinski definition) is 7. The Morgan fingerprint density at radius 2 is 2.14 bits per heavy atom. The first-order valence-corrected chi connectivity index (χ1v) is 10.1. The predicted molar refractivity (Wildman–Crippen MR) is 101 cm³/mol. The molecule has 1 unspecified atom stereocenters. The van der Waals surface area contributed by atoms with E-state index in [9.17, 15) is 9.59 Å². The lowest BCUT2D eigenvalue weighted by atomic mass is 10.1. The van der Waals surface area contributed by atoms with E-state index in [1.807, 2.05) is 0 Å². The van der Waals surface area contributed by atoms with Crippen LogP contribution in [0.1, 0.15) is 33.8 Å². The lowest BCUT2D eigenvalue weighted by molar-refractivity contribution is -0.124. The van der Waals surface area contributed by atoms with Crippen LogP contribution in [0.5, 0.6) is 11.5 Å². The molecule has 0 saturated carbocycles. The Kier molecular flexibility index (Phi) is 4.40. The first kappa shape index (κ1) is 17.4. The molecule has 1 atom stereocenters. The molecule has 5 rings (SSSR count). The summed E-state index contributed by atoms with van der Waals surface area (Å²) in [4.78, 5) is 32.4. The van der Waals surface area contributed by atoms with Crippen molar-refractivity contribution in [2.75, 3.05) is 25.3 Å². The Morgan fingerprint density at radius 3 is 3.00 bits per heavy atom. The first-order valence-electron chi connectivity index (χ1n) is 9.27. The number of thiazole rings is 1. The van der Waals surface area contributed by atoms with Crippen molar-refractivity contribution in [1.82, 2.24) is 9.88 Å². The third kappa shape index (κ3) is 3.20. The number of fused-ring (bicyclic) bond motifs is 2. The second-order valence-electron chi connectivity index (χ2n) is 6.92. The fourth-order valence-corrected chi connectivity index (χ4v) is 4.63. The van der Waals surface area contributed by atoms with Crippen molar-refractivity contribution in [1.29, 1.82) is 0 Å². The zero-order valence-electron chi connectivity index (χ0n) is 15.1. The molecule has 1 aromatic carbocycles. The fourth-order valence-electron chi connectivity index (χ4n) is 3.60. The molecule has 2 amide bonds. The molecule has 4 heterocycles. The van der Waals surface area contributed by atoms with Crippen LogP contribution in [-0.4, -0.2) is 47.7 Å². The smallest absolute Gasteiger partial charge is 0.255 e. The van der Waals surface area contributed by atoms with Gasteiger partial charge < -0.3 is 19.1 Å². The molecular formula is C19H19N3O5S. The van der Waals surface area contributed by atoms with Crippen molar-refractivity contribution in [2.45, 2.75) is 31.9 Å². The summed E-state index contributed by atoms with van der Waals surface area (Å²) in [7, 11) is 0. The van der Waals surface area contributed by atoms with Crippen LogP contribution in [0.25, 0.3) is 0 Å². The highest BCUT2D eigenvalue weighted by atomic mass is 32.1. The average Bonchev–Trinajstić information content (AvgIpc) is 3.45. The zero-order valence-corrected chi connectivity index (χ0v) is 15.9. The normalized spacial score (nSPS) is 20.1. The number of nitrogens with one attached hydrogen (secondary N) is 1. The molecule has 1 N–H and O–H groups in total. The van der Waals surface area contributed by atoms with Gasteiger partial charge in [0.1, 0.15) is 6.10 Å². The maximum Gasteiger partial charge on any atom is 0.255 e. The first-order chi connectivity index (χ1) is 13.7. The highest BCUT2D eigenvalue weighted by molar-refractivity contribution is 7.15. The van der Waals surface area contributed by atoms with E-state index in [-0.39, 0.29) is 24.7 Å². The molecule has 1 aromatic heterocycles. The Bertz CT molecular complexity index is 938. The number of rotatable bonds is 3. The van der Waals surface area contributed by atoms with E-state index in [1.54, 1.807) is 23.1 Å². The van der Waals surface area contributed by atoms with Crippen LogP contribution >= 0.6 is 11.3 Å². The predicted octanol–water partition coefficient (Wildman–Crippen LogP) is 2.19. The summed E-state index contributed by atoms with van der Waals surface area (Å²) in [6.07, 6.45) is 1.93. The second kappa shape index (κ2) is 7.06. The summed E-state index contributed by atoms with van der Waals surface area (Å²) in [5, 5.41) is 3.43. The number of amides is 2. The molecule has 0 radical (unpaired) electrons. The molecule has 146 valence electrons. The zero-order chi connectivity index (χ0) is 19.1. The summed E-state index contributed by atoms with van der Waals surface area (Å²) < 4.78 is 16.1. The number of carbonyl (C=O) groups is 2. The summed E-state index contributed by atoms with van der Waals surface area (Å²) in [5.74, 6) is 1.06. The number of benzene rings is 1. The highest BCUT2D eigenvalue weighted by Crippen LogP contribution is 2.34. The van der Waals surface area contributed by atoms with Crippen molar-refractivity contribution in [3.05, 3.63) is 34.3 Å². The molecule has 0 bridgehead atoms. The van der Waals surface area contributed by atoms with E-state index in [0.29, 0.717) is 48.3 Å². The third-order valence-corrected chi connectivity index (χ3v) is 6.09. The summed E-state index contributed by atoms with van der Waals surface area (Å²) in [6, 6.07) is 5.24. The average molecular weight is 401 g/mol. The van der Waals surface area contributed by atoms with Crippen LogP contribution in [0.4, 0.5) is 5.13 Å². The Hall–Kier alpha value is -2.65. The quantitative estimate of drug-likeness (QED) is 0.848. The molecule has 2 aromatic rings. The van der Waals surface area contributed by atoms with Gasteiger partial charge in [-0.15, -0.1) is 0 Å². The number of ether oxygens (including phenoxy) is 3. The van der Waals surface area contributed by atoms with Crippen LogP contribution in [0.3, 0.4) is 0 Å². The van der Waals surface area contributed by atoms with Crippen LogP contribution in [-0.2, 0) is 22.5 Å². The molecule has 0 aliphatic carbocycles. The number of nitrogens with zero attached hydrogens (tertiary/aromatic N) is 2. The number of carbonyl (C=O) groups excluding carboxylic acids is 2. The van der Waals surface area contributed by atoms with Gasteiger partial charge in [0.15, 0.2) is 16.6 Å². The summed E-state index contributed by atoms with van der Waals surface area (Å²) in [5.41, 5.74) is 1.52. The van der Waals surface area contributed by atoms with Crippen molar-refractivity contribution in [3.63, 3.8) is 0 Å². The minimum absolute atomic E-state index is 0.0534. The maximum atomic E-state index is 12.9. The van der Waals surface area contributed by atoms with Crippen LogP contribution < -0.4 is 14.8 Å². The number of hydrogen-bond donors (Lipinski definition) is 1. The van der Waals surface area contributed by atoms with E-state index in [2.05, 4.69) is 10.3 Å². The van der Waals surface area contributed by atoms with E-state index in [1.165, 1.54) is 11.3 Å². The van der Waals surface area contributed by atoms with Crippen LogP contribution in [0, 0.1) is 0 Å². The standard InChI is InChI=1S/C19H19N3O5S/c23-17(14-2-1-7-25-14)21-19-20-12-5-6-22(9-16(12)28-19)18(24)11-3-4-13-15(8-11)27-10-26-13/h3-4,8,14H,1-2,5-7,9-10H2,(H,20,21,23). The molecule has 8 nitrogen and oxygen atoms in total. The highest BCUT2D eigenvalue weighted by Gasteiger charge is 2.28. The molecule has 28 heavy (non-hydrogen) atoms. The molecule has 0 spiro atoms. The lowest BCUT2D eigenvalue weighted by Gasteiger charge is -2.26. The van der Waals surface area contributed by atoms with Crippen molar-refractivity contribution in [2.24, 2.45) is 0 Å². The van der Waals surface area contributed by atoms with Gasteiger partial charge in [0.05, 0.1) is 12.2 Å². The van der Waals surface area contributed by atoms with E-state index < -0.39 is 0 Å². The van der Waals surface area contributed by atoms with Gasteiger partial charge in [-0.05, 0) is 31.0 Å². The number of anilines is 1. The minimum atomic E-state index is -0.384. The fraction of sp³-hybridized carbons (Fsp3) is 0.421. The van der Waals surface area contributed by atoms with Gasteiger partial charge in [-0.2, -0.15) is 0 Å². The van der Waals surface area contributed by atoms with Gasteiger partial charge in [0.2, 0.25) is 6.79 Å². The summed E-state index contributed by atoms with van der Waals surface area (Å²) in [6.45, 7) is 1.88. The van der Waals surface area contributed by atoms with Crippen molar-refractivity contribution >= 4 is 28.3 Å². The lowest BCUT2D eigenvalue weighted by Crippen LogP contribution is -2.35. The third-order valence-electron chi connectivity index (χ3n) is 5.09. The van der Waals surface area contributed by atoms with Gasteiger partial charge >= 0.3 is 0 Å². The SMILES string of the molecule is O=C(Nc1nc2c(s1)CN(C(=O)c1ccc3c(c1)OCO3)CC2)C1CCCO1. The van der Waals surface area contributed by atoms with Crippen molar-refractivity contribution < 1.29 is 23.8 Å². The molecule has 1 saturated heterocycles. The molecular weight excluding hydrogens is 382 g/mol. The monoisotopic (exact) mass is 401 g/mol. The Balaban J connectivity index is 1.28. The van der Waals surface area contributed by atoms with E-state index >= 15 is 0 Å². The Labute approximate surface area is 165 Å². The largest absolute Gasteiger partial charge is 0.454 e. The van der Waals surface area contributed by atoms with Gasteiger partial charge in [-0.1, -0.05) is 11.3 Å². The van der Waals surface area contributed by atoms with Crippen LogP contribution in [0.2, 0.25) is 0 Å². The molecule has 1 fully saturated rings. The second-order valence-corrected chi connectivity index (χ2v) is 8.01. The van der Waals surface area contributed by atoms with Gasteiger partial charge in [-0.3, -0.25) is 14.9 Å². The number of aromatic nitrogens is 1. The minimum Gasteiger partial charge on any atom is -0.454 e. The van der Waals surface area contributed by atoms with E-state index in [4.69, 9.17) is 14.2 Å². The van der Waals surface area contributed by atoms with Gasteiger partial charge in [-0.25, -0.2) is 4.98 Å². The van der Waals surface area contributed by atoms with Crippen molar-refractivity contribution in [3.8, 4) is 11.5 Å². The molecule has 3 aliphatic heterocycles. The molecule has 9 heteroatoms. The maximum absolute atomic E-state index is 12.9. The van der Waals surface area contributed by atoms with E-state index in [0.717, 1.165) is 23.4 Å². The topological polar surface area (TPSA) is 90.0 Å².